The third-order valence-corrected chi connectivity index (χ3v) is 14.7. The van der Waals surface area contributed by atoms with Gasteiger partial charge in [0.25, 0.3) is 5.91 Å². The number of amides is 1. The second kappa shape index (κ2) is 27.2. The van der Waals surface area contributed by atoms with Crippen molar-refractivity contribution in [3.8, 4) is 6.07 Å². The standard InChI is InChI=1S/C51H83N4O15P/c1-29(21-22-52)17-15-18-30(2)31(3)23-32(4)43(58)36(8)39(56)25-42(66-14)46-47(70-71(62,63)64)50(9,10)51(69-46)26-40(57)35(7)41(68-51)20-16-19-37-27-67-49(54-37)33(5)24-34(6)53-48(61)45(60)44(59)38(28-65-13)55(11)12/h15-19,21,23,27,32-36,38-47,56-60H,20,24-26,28H2,1-14H3,(H,53,61)(H2,62,63,64)/b17-15+,19-16+,29-21+,30-18-,31-23+/t32-,33+,34-,35+,36+,38+,39+,40-,41+,42+,43-,44+,45+,46-,47+,51?/m0/s1. The van der Waals surface area contributed by atoms with Crippen LogP contribution in [0.25, 0.3) is 6.08 Å². The van der Waals surface area contributed by atoms with Crippen molar-refractivity contribution in [3.63, 3.8) is 0 Å². The molecule has 3 heterocycles. The molecule has 8 N–H and O–H groups in total. The molecule has 20 heteroatoms. The smallest absolute Gasteiger partial charge is 0.448 e. The molecule has 402 valence electrons. The first-order valence-electron chi connectivity index (χ1n) is 24.2. The summed E-state index contributed by atoms with van der Waals surface area (Å²) in [5, 5.41) is 67.4. The lowest BCUT2D eigenvalue weighted by Crippen LogP contribution is -2.58. The Morgan fingerprint density at radius 1 is 1.06 bits per heavy atom. The molecule has 3 rings (SSSR count). The van der Waals surface area contributed by atoms with Crippen molar-refractivity contribution in [1.82, 2.24) is 15.2 Å². The van der Waals surface area contributed by atoms with Crippen LogP contribution in [0.1, 0.15) is 112 Å². The van der Waals surface area contributed by atoms with E-state index in [1.165, 1.54) is 26.6 Å². The van der Waals surface area contributed by atoms with Crippen molar-refractivity contribution in [3.05, 3.63) is 71.0 Å². The summed E-state index contributed by atoms with van der Waals surface area (Å²) in [6, 6.07) is 0.980. The number of carbonyl (C=O) groups is 1. The van der Waals surface area contributed by atoms with Gasteiger partial charge in [0, 0.05) is 68.3 Å². The number of methoxy groups -OCH3 is 2. The van der Waals surface area contributed by atoms with Gasteiger partial charge in [0.1, 0.15) is 30.3 Å². The third-order valence-electron chi connectivity index (χ3n) is 14.2. The van der Waals surface area contributed by atoms with E-state index in [9.17, 15) is 44.7 Å². The van der Waals surface area contributed by atoms with E-state index in [1.807, 2.05) is 78.0 Å². The van der Waals surface area contributed by atoms with E-state index in [0.29, 0.717) is 18.0 Å². The summed E-state index contributed by atoms with van der Waals surface area (Å²) in [6.07, 6.45) is 4.05. The summed E-state index contributed by atoms with van der Waals surface area (Å²) >= 11 is 0. The fourth-order valence-corrected chi connectivity index (χ4v) is 10.0. The lowest BCUT2D eigenvalue weighted by Gasteiger charge is -2.50. The van der Waals surface area contributed by atoms with Gasteiger partial charge in [0.15, 0.2) is 17.8 Å². The molecule has 0 saturated carbocycles. The number of aliphatic hydroxyl groups excluding tert-OH is 5. The molecule has 1 aromatic heterocycles. The van der Waals surface area contributed by atoms with Gasteiger partial charge in [0.2, 0.25) is 0 Å². The monoisotopic (exact) mass is 1020 g/mol. The molecule has 16 atom stereocenters. The maximum Gasteiger partial charge on any atom is 0.469 e. The molecule has 1 amide bonds. The van der Waals surface area contributed by atoms with E-state index in [4.69, 9.17) is 33.2 Å². The number of hydrogen-bond donors (Lipinski definition) is 8. The number of nitrogens with one attached hydrogen (secondary N) is 1. The Morgan fingerprint density at radius 2 is 1.72 bits per heavy atom. The summed E-state index contributed by atoms with van der Waals surface area (Å²) in [7, 11) is 1.13. The minimum Gasteiger partial charge on any atom is -0.448 e. The van der Waals surface area contributed by atoms with Crippen LogP contribution in [-0.4, -0.2) is 159 Å². The molecule has 1 aromatic rings. The van der Waals surface area contributed by atoms with E-state index in [2.05, 4.69) is 10.3 Å². The van der Waals surface area contributed by atoms with Gasteiger partial charge < -0.3 is 68.9 Å². The van der Waals surface area contributed by atoms with Gasteiger partial charge in [0.05, 0.1) is 49.2 Å². The van der Waals surface area contributed by atoms with Crippen LogP contribution >= 0.6 is 7.82 Å². The molecule has 1 spiro atoms. The second-order valence-electron chi connectivity index (χ2n) is 20.4. The number of nitriles is 1. The van der Waals surface area contributed by atoms with E-state index in [-0.39, 0.29) is 37.7 Å². The molecule has 19 nitrogen and oxygen atoms in total. The van der Waals surface area contributed by atoms with Gasteiger partial charge >= 0.3 is 7.82 Å². The third kappa shape index (κ3) is 16.8. The van der Waals surface area contributed by atoms with Crippen molar-refractivity contribution in [2.45, 2.75) is 174 Å². The number of aliphatic hydroxyl groups is 5. The van der Waals surface area contributed by atoms with Crippen molar-refractivity contribution in [2.24, 2.45) is 23.2 Å². The largest absolute Gasteiger partial charge is 0.469 e. The highest BCUT2D eigenvalue weighted by atomic mass is 31.2. The Morgan fingerprint density at radius 3 is 2.31 bits per heavy atom. The van der Waals surface area contributed by atoms with Crippen molar-refractivity contribution in [1.29, 1.82) is 5.26 Å². The zero-order chi connectivity index (χ0) is 53.8. The van der Waals surface area contributed by atoms with Gasteiger partial charge in [-0.1, -0.05) is 77.5 Å². The normalized spacial score (nSPS) is 27.8. The number of ether oxygens (including phenoxy) is 4. The van der Waals surface area contributed by atoms with Crippen LogP contribution in [0.2, 0.25) is 0 Å². The molecule has 2 fully saturated rings. The van der Waals surface area contributed by atoms with Gasteiger partial charge in [-0.05, 0) is 71.9 Å². The van der Waals surface area contributed by atoms with Crippen LogP contribution in [0.4, 0.5) is 0 Å². The van der Waals surface area contributed by atoms with Crippen molar-refractivity contribution < 1.29 is 72.6 Å². The summed E-state index contributed by atoms with van der Waals surface area (Å²) in [6.45, 7) is 18.2. The van der Waals surface area contributed by atoms with E-state index in [0.717, 1.165) is 16.7 Å². The lowest BCUT2D eigenvalue weighted by molar-refractivity contribution is -0.334. The highest BCUT2D eigenvalue weighted by molar-refractivity contribution is 7.46. The highest BCUT2D eigenvalue weighted by Gasteiger charge is 2.68. The molecule has 0 radical (unpaired) electrons. The molecular weight excluding hydrogens is 940 g/mol. The Kier molecular flexibility index (Phi) is 23.7. The van der Waals surface area contributed by atoms with Crippen LogP contribution in [0.5, 0.6) is 0 Å². The van der Waals surface area contributed by atoms with E-state index < -0.39 is 104 Å². The maximum absolute atomic E-state index is 12.8. The number of nitrogens with zero attached hydrogens (tertiary/aromatic N) is 3. The second-order valence-corrected chi connectivity index (χ2v) is 21.6. The lowest BCUT2D eigenvalue weighted by atomic mass is 9.72. The molecule has 0 aliphatic carbocycles. The molecule has 2 aliphatic heterocycles. The Balaban J connectivity index is 1.76. The maximum atomic E-state index is 12.8. The molecule has 2 saturated heterocycles. The van der Waals surface area contributed by atoms with Gasteiger partial charge in [-0.15, -0.1) is 0 Å². The molecule has 0 bridgehead atoms. The van der Waals surface area contributed by atoms with Gasteiger partial charge in [-0.3, -0.25) is 9.32 Å². The first-order chi connectivity index (χ1) is 33.0. The average Bonchev–Trinajstić information content (AvgIpc) is 3.84. The summed E-state index contributed by atoms with van der Waals surface area (Å²) in [4.78, 5) is 39.5. The Labute approximate surface area is 420 Å². The van der Waals surface area contributed by atoms with E-state index >= 15 is 0 Å². The SMILES string of the molecule is COC[C@H]([C@@H](O)[C@@H](O)C(=O)N[C@@H](C)C[C@@H](C)c1nc(/C=C/C[C@H]2OC3(C[C@H](O)[C@H]2C)O[C@@H]([C@@H](C[C@@H](O)[C@@H](C)[C@@H](O)[C@@H](C)/C=C(C)/C(C)=C\C=C\C(C)=C\C#N)OC)[C@@H](OP(=O)(O)O)C3(C)C)co1)N(C)C. The molecular formula is C51H83N4O15P. The number of carbonyl (C=O) groups excluding carboxylic acids is 1. The number of hydrogen-bond acceptors (Lipinski definition) is 16. The zero-order valence-electron chi connectivity index (χ0n) is 44.0. The molecule has 0 aromatic carbocycles. The quantitative estimate of drug-likeness (QED) is 0.0341. The predicted octanol–water partition coefficient (Wildman–Crippen LogP) is 5.08. The van der Waals surface area contributed by atoms with Crippen molar-refractivity contribution >= 4 is 19.8 Å². The van der Waals surface area contributed by atoms with Gasteiger partial charge in [-0.25, -0.2) is 9.55 Å². The molecule has 71 heavy (non-hydrogen) atoms. The van der Waals surface area contributed by atoms with Crippen LogP contribution in [0.15, 0.2) is 63.9 Å². The number of oxazole rings is 1. The fourth-order valence-electron chi connectivity index (χ4n) is 9.34. The zero-order valence-corrected chi connectivity index (χ0v) is 44.9. The Bertz CT molecular complexity index is 2110. The summed E-state index contributed by atoms with van der Waals surface area (Å²) in [5.74, 6) is -3.67. The van der Waals surface area contributed by atoms with Crippen LogP contribution in [-0.2, 0) is 32.8 Å². The minimum absolute atomic E-state index is 0.0661. The number of phosphoric acid groups is 1. The number of allylic oxidation sites excluding steroid dienone is 7. The Hall–Kier alpha value is -3.42. The van der Waals surface area contributed by atoms with Crippen LogP contribution < -0.4 is 5.32 Å². The number of likely N-dealkylation sites (N-methyl/N-ethyl adjacent to an activating group) is 1. The first kappa shape index (κ1) is 61.9. The number of rotatable bonds is 26. The number of aromatic nitrogens is 1. The number of phosphoric ester groups is 1. The fraction of sp³-hybridized carbons (Fsp3) is 0.706. The highest BCUT2D eigenvalue weighted by Crippen LogP contribution is 2.59. The van der Waals surface area contributed by atoms with Crippen LogP contribution in [0, 0.1) is 34.5 Å². The summed E-state index contributed by atoms with van der Waals surface area (Å²) < 4.78 is 48.3. The summed E-state index contributed by atoms with van der Waals surface area (Å²) in [5.41, 5.74) is 1.87. The van der Waals surface area contributed by atoms with E-state index in [1.54, 1.807) is 52.8 Å². The molecule has 2 aliphatic rings. The van der Waals surface area contributed by atoms with Crippen molar-refractivity contribution in [2.75, 3.05) is 34.9 Å². The molecule has 1 unspecified atom stereocenters. The minimum atomic E-state index is -5.16. The topological polar surface area (TPSA) is 287 Å². The predicted molar refractivity (Wildman–Crippen MR) is 267 cm³/mol. The van der Waals surface area contributed by atoms with Crippen LogP contribution in [0.3, 0.4) is 0 Å². The average molecular weight is 1020 g/mol. The van der Waals surface area contributed by atoms with Gasteiger partial charge in [-0.2, -0.15) is 5.26 Å². The first-order valence-corrected chi connectivity index (χ1v) is 25.8.